The van der Waals surface area contributed by atoms with E-state index in [1.54, 1.807) is 25.2 Å². The van der Waals surface area contributed by atoms with Crippen LogP contribution < -0.4 is 5.32 Å². The van der Waals surface area contributed by atoms with E-state index in [-0.39, 0.29) is 5.91 Å². The van der Waals surface area contributed by atoms with Crippen molar-refractivity contribution in [1.82, 2.24) is 10.3 Å². The topological polar surface area (TPSA) is 62.2 Å². The molecule has 2 rings (SSSR count). The zero-order chi connectivity index (χ0) is 17.7. The third-order valence-corrected chi connectivity index (χ3v) is 5.17. The first kappa shape index (κ1) is 18.6. The Kier molecular flexibility index (Phi) is 6.13. The summed E-state index contributed by atoms with van der Waals surface area (Å²) < 4.78 is 0. The van der Waals surface area contributed by atoms with Crippen molar-refractivity contribution in [3.8, 4) is 0 Å². The second-order valence-electron chi connectivity index (χ2n) is 6.67. The average Bonchev–Trinajstić information content (AvgIpc) is 2.90. The fraction of sp³-hybridized carbons (Fsp3) is 0.474. The highest BCUT2D eigenvalue weighted by molar-refractivity contribution is 7.11. The molecule has 2 aromatic rings. The number of benzene rings is 1. The molecule has 0 saturated heterocycles. The molecule has 0 radical (unpaired) electrons. The van der Waals surface area contributed by atoms with E-state index in [9.17, 15) is 9.90 Å². The molecule has 0 spiro atoms. The van der Waals surface area contributed by atoms with Crippen LogP contribution in [0.25, 0.3) is 0 Å². The molecule has 1 aromatic carbocycles. The maximum Gasteiger partial charge on any atom is 0.251 e. The zero-order valence-electron chi connectivity index (χ0n) is 14.8. The van der Waals surface area contributed by atoms with Gasteiger partial charge in [0.15, 0.2) is 0 Å². The summed E-state index contributed by atoms with van der Waals surface area (Å²) in [6.45, 7) is 8.17. The lowest BCUT2D eigenvalue weighted by Crippen LogP contribution is -2.23. The van der Waals surface area contributed by atoms with Crippen LogP contribution in [0.2, 0.25) is 0 Å². The lowest BCUT2D eigenvalue weighted by atomic mass is 9.98. The summed E-state index contributed by atoms with van der Waals surface area (Å²) in [6, 6.07) is 7.60. The molecular weight excluding hydrogens is 320 g/mol. The van der Waals surface area contributed by atoms with Gasteiger partial charge in [0.1, 0.15) is 0 Å². The number of hydrogen-bond donors (Lipinski definition) is 2. The van der Waals surface area contributed by atoms with Crippen molar-refractivity contribution in [1.29, 1.82) is 0 Å². The lowest BCUT2D eigenvalue weighted by Gasteiger charge is -2.16. The van der Waals surface area contributed by atoms with E-state index in [1.165, 1.54) is 0 Å². The van der Waals surface area contributed by atoms with E-state index in [0.717, 1.165) is 34.0 Å². The predicted molar refractivity (Wildman–Crippen MR) is 98.5 cm³/mol. The monoisotopic (exact) mass is 346 g/mol. The van der Waals surface area contributed by atoms with Gasteiger partial charge in [0.2, 0.25) is 0 Å². The molecule has 1 heterocycles. The fourth-order valence-electron chi connectivity index (χ4n) is 2.38. The Bertz CT molecular complexity index is 702. The highest BCUT2D eigenvalue weighted by Crippen LogP contribution is 2.19. The molecule has 1 amide bonds. The van der Waals surface area contributed by atoms with Gasteiger partial charge in [0.25, 0.3) is 5.91 Å². The number of amides is 1. The average molecular weight is 346 g/mol. The Morgan fingerprint density at radius 1 is 1.38 bits per heavy atom. The number of nitrogens with one attached hydrogen (secondary N) is 1. The second-order valence-corrected chi connectivity index (χ2v) is 7.83. The van der Waals surface area contributed by atoms with E-state index in [2.05, 4.69) is 17.2 Å². The van der Waals surface area contributed by atoms with Gasteiger partial charge in [0, 0.05) is 10.4 Å². The summed E-state index contributed by atoms with van der Waals surface area (Å²) in [5, 5.41) is 13.9. The van der Waals surface area contributed by atoms with Crippen molar-refractivity contribution in [2.45, 2.75) is 59.1 Å². The van der Waals surface area contributed by atoms with E-state index in [1.807, 2.05) is 31.2 Å². The second kappa shape index (κ2) is 7.90. The predicted octanol–water partition coefficient (Wildman–Crippen LogP) is 3.65. The van der Waals surface area contributed by atoms with Crippen molar-refractivity contribution in [3.63, 3.8) is 0 Å². The van der Waals surface area contributed by atoms with Gasteiger partial charge in [-0.25, -0.2) is 4.98 Å². The summed E-state index contributed by atoms with van der Waals surface area (Å²) in [7, 11) is 0. The van der Waals surface area contributed by atoms with Crippen LogP contribution in [0.1, 0.15) is 58.7 Å². The van der Waals surface area contributed by atoms with E-state index < -0.39 is 5.60 Å². The first-order chi connectivity index (χ1) is 11.3. The van der Waals surface area contributed by atoms with Gasteiger partial charge >= 0.3 is 0 Å². The Morgan fingerprint density at radius 3 is 2.75 bits per heavy atom. The van der Waals surface area contributed by atoms with Crippen LogP contribution in [-0.2, 0) is 19.4 Å². The minimum Gasteiger partial charge on any atom is -0.390 e. The number of carbonyl (C=O) groups excluding carboxylic acids is 1. The maximum absolute atomic E-state index is 12.4. The summed E-state index contributed by atoms with van der Waals surface area (Å²) in [5.74, 6) is -0.0778. The molecule has 1 aromatic heterocycles. The van der Waals surface area contributed by atoms with Crippen molar-refractivity contribution in [2.24, 2.45) is 0 Å². The summed E-state index contributed by atoms with van der Waals surface area (Å²) in [4.78, 5) is 18.0. The smallest absolute Gasteiger partial charge is 0.251 e. The Morgan fingerprint density at radius 2 is 2.12 bits per heavy atom. The number of thiazole rings is 1. The maximum atomic E-state index is 12.4. The molecule has 0 aliphatic heterocycles. The van der Waals surface area contributed by atoms with Crippen molar-refractivity contribution < 1.29 is 9.90 Å². The molecule has 24 heavy (non-hydrogen) atoms. The molecule has 0 bridgehead atoms. The highest BCUT2D eigenvalue weighted by atomic mass is 32.1. The molecule has 130 valence electrons. The number of aryl methyl sites for hydroxylation is 3. The van der Waals surface area contributed by atoms with Gasteiger partial charge in [0.05, 0.1) is 22.8 Å². The molecular formula is C19H26N2O2S. The zero-order valence-corrected chi connectivity index (χ0v) is 15.7. The van der Waals surface area contributed by atoms with Crippen molar-refractivity contribution in [3.05, 3.63) is 51.0 Å². The third-order valence-electron chi connectivity index (χ3n) is 3.86. The van der Waals surface area contributed by atoms with Crippen LogP contribution in [0, 0.1) is 6.92 Å². The van der Waals surface area contributed by atoms with Crippen molar-refractivity contribution >= 4 is 17.2 Å². The van der Waals surface area contributed by atoms with Gasteiger partial charge < -0.3 is 10.4 Å². The molecule has 2 N–H and O–H groups in total. The number of hydrogen-bond acceptors (Lipinski definition) is 4. The van der Waals surface area contributed by atoms with E-state index in [0.29, 0.717) is 18.5 Å². The fourth-order valence-corrected chi connectivity index (χ4v) is 3.33. The molecule has 0 aliphatic rings. The minimum atomic E-state index is -0.695. The Hall–Kier alpha value is -1.72. The molecule has 4 nitrogen and oxygen atoms in total. The highest BCUT2D eigenvalue weighted by Gasteiger charge is 2.13. The summed E-state index contributed by atoms with van der Waals surface area (Å²) in [5.41, 5.74) is 2.02. The standard InChI is InChI=1S/C19H26N2O2S/c1-5-17-21-13(2)16(24-17)12-20-18(22)15-8-6-7-14(11-15)9-10-19(3,4)23/h6-8,11,23H,5,9-10,12H2,1-4H3,(H,20,22). The largest absolute Gasteiger partial charge is 0.390 e. The van der Waals surface area contributed by atoms with Gasteiger partial charge in [-0.15, -0.1) is 11.3 Å². The third kappa shape index (κ3) is 5.42. The van der Waals surface area contributed by atoms with Crippen LogP contribution in [0.4, 0.5) is 0 Å². The van der Waals surface area contributed by atoms with Crippen LogP contribution in [0.5, 0.6) is 0 Å². The minimum absolute atomic E-state index is 0.0778. The SMILES string of the molecule is CCc1nc(C)c(CNC(=O)c2cccc(CCC(C)(C)O)c2)s1. The lowest BCUT2D eigenvalue weighted by molar-refractivity contribution is 0.0714. The summed E-state index contributed by atoms with van der Waals surface area (Å²) >= 11 is 1.66. The first-order valence-corrected chi connectivity index (χ1v) is 9.15. The number of aliphatic hydroxyl groups is 1. The van der Waals surface area contributed by atoms with Gasteiger partial charge in [-0.3, -0.25) is 4.79 Å². The normalized spacial score (nSPS) is 11.5. The quantitative estimate of drug-likeness (QED) is 0.804. The van der Waals surface area contributed by atoms with E-state index in [4.69, 9.17) is 0 Å². The molecule has 0 saturated carbocycles. The first-order valence-electron chi connectivity index (χ1n) is 8.33. The molecule has 0 aliphatic carbocycles. The summed E-state index contributed by atoms with van der Waals surface area (Å²) in [6.07, 6.45) is 2.33. The Labute approximate surface area is 148 Å². The van der Waals surface area contributed by atoms with Crippen LogP contribution >= 0.6 is 11.3 Å². The van der Waals surface area contributed by atoms with Gasteiger partial charge in [-0.2, -0.15) is 0 Å². The van der Waals surface area contributed by atoms with Gasteiger partial charge in [-0.1, -0.05) is 19.1 Å². The molecule has 0 unspecified atom stereocenters. The molecule has 0 fully saturated rings. The van der Waals surface area contributed by atoms with Crippen LogP contribution in [0.15, 0.2) is 24.3 Å². The number of rotatable bonds is 7. The number of aromatic nitrogens is 1. The van der Waals surface area contributed by atoms with Gasteiger partial charge in [-0.05, 0) is 57.7 Å². The number of nitrogens with zero attached hydrogens (tertiary/aromatic N) is 1. The van der Waals surface area contributed by atoms with Crippen LogP contribution in [0.3, 0.4) is 0 Å². The Balaban J connectivity index is 1.98. The van der Waals surface area contributed by atoms with E-state index >= 15 is 0 Å². The molecule has 5 heteroatoms. The van der Waals surface area contributed by atoms with Crippen molar-refractivity contribution in [2.75, 3.05) is 0 Å². The van der Waals surface area contributed by atoms with Crippen LogP contribution in [-0.4, -0.2) is 21.6 Å². The molecule has 0 atom stereocenters. The number of carbonyl (C=O) groups is 1.